The number of carbonyl (C=O) groups is 1. The first kappa shape index (κ1) is 14.9. The van der Waals surface area contributed by atoms with Crippen molar-refractivity contribution in [1.29, 1.82) is 0 Å². The lowest BCUT2D eigenvalue weighted by atomic mass is 10.2. The summed E-state index contributed by atoms with van der Waals surface area (Å²) in [7, 11) is 0. The second kappa shape index (κ2) is 6.00. The third-order valence-electron chi connectivity index (χ3n) is 3.36. The van der Waals surface area contributed by atoms with E-state index >= 15 is 0 Å². The highest BCUT2D eigenvalue weighted by molar-refractivity contribution is 5.64. The molecule has 0 amide bonds. The summed E-state index contributed by atoms with van der Waals surface area (Å²) in [5.74, 6) is 0.762. The van der Waals surface area contributed by atoms with Crippen molar-refractivity contribution in [1.82, 2.24) is 9.38 Å². The lowest BCUT2D eigenvalue weighted by Crippen LogP contribution is -2.06. The highest BCUT2D eigenvalue weighted by Gasteiger charge is 2.17. The van der Waals surface area contributed by atoms with E-state index in [0.717, 1.165) is 11.1 Å². The summed E-state index contributed by atoms with van der Waals surface area (Å²) in [4.78, 5) is 15.2. The molecule has 6 nitrogen and oxygen atoms in total. The Morgan fingerprint density at radius 2 is 2.00 bits per heavy atom. The highest BCUT2D eigenvalue weighted by Crippen LogP contribution is 2.28. The van der Waals surface area contributed by atoms with Gasteiger partial charge in [-0.15, -0.1) is 0 Å². The van der Waals surface area contributed by atoms with E-state index in [1.165, 1.54) is 0 Å². The molecule has 0 saturated carbocycles. The molecule has 0 atom stereocenters. The van der Waals surface area contributed by atoms with E-state index in [1.807, 2.05) is 43.3 Å². The van der Waals surface area contributed by atoms with E-state index in [4.69, 9.17) is 14.6 Å². The molecule has 0 spiro atoms. The number of benzene rings is 1. The molecule has 118 valence electrons. The number of rotatable bonds is 4. The molecule has 1 aromatic carbocycles. The Hall–Kier alpha value is -3.02. The number of pyridine rings is 1. The van der Waals surface area contributed by atoms with Gasteiger partial charge < -0.3 is 14.6 Å². The fraction of sp³-hybridized carbons (Fsp3) is 0.176. The summed E-state index contributed by atoms with van der Waals surface area (Å²) in [6.07, 6.45) is 0.395. The third kappa shape index (κ3) is 3.11. The third-order valence-corrected chi connectivity index (χ3v) is 3.36. The summed E-state index contributed by atoms with van der Waals surface area (Å²) in [5.41, 5.74) is 2.97. The van der Waals surface area contributed by atoms with Gasteiger partial charge >= 0.3 is 6.16 Å². The monoisotopic (exact) mass is 312 g/mol. The van der Waals surface area contributed by atoms with Crippen LogP contribution >= 0.6 is 0 Å². The molecule has 2 heterocycles. The number of nitrogens with zero attached hydrogens (tertiary/aromatic N) is 2. The Morgan fingerprint density at radius 3 is 2.70 bits per heavy atom. The van der Waals surface area contributed by atoms with Gasteiger partial charge in [-0.25, -0.2) is 9.78 Å². The van der Waals surface area contributed by atoms with Gasteiger partial charge in [0.2, 0.25) is 5.88 Å². The lowest BCUT2D eigenvalue weighted by molar-refractivity contribution is 0.141. The maximum absolute atomic E-state index is 10.8. The molecule has 0 aliphatic heterocycles. The van der Waals surface area contributed by atoms with Crippen molar-refractivity contribution in [3.8, 4) is 11.6 Å². The van der Waals surface area contributed by atoms with Gasteiger partial charge in [0.05, 0.1) is 0 Å². The molecule has 3 rings (SSSR count). The van der Waals surface area contributed by atoms with Crippen molar-refractivity contribution >= 4 is 11.8 Å². The van der Waals surface area contributed by atoms with E-state index in [1.54, 1.807) is 17.5 Å². The number of hydrogen-bond acceptors (Lipinski definition) is 4. The number of carboxylic acid groups (broad SMARTS) is 1. The molecule has 6 heteroatoms. The van der Waals surface area contributed by atoms with E-state index in [-0.39, 0.29) is 5.88 Å². The number of aryl methyl sites for hydroxylation is 2. The molecule has 1 N–H and O–H groups in total. The van der Waals surface area contributed by atoms with Crippen LogP contribution in [0.15, 0.2) is 42.6 Å². The van der Waals surface area contributed by atoms with Crippen LogP contribution in [0.3, 0.4) is 0 Å². The molecule has 2 aromatic heterocycles. The Bertz CT molecular complexity index is 856. The molecule has 0 aliphatic carbocycles. The quantitative estimate of drug-likeness (QED) is 0.745. The first-order chi connectivity index (χ1) is 11.0. The zero-order valence-electron chi connectivity index (χ0n) is 12.8. The molecule has 3 aromatic rings. The van der Waals surface area contributed by atoms with Gasteiger partial charge in [-0.05, 0) is 31.0 Å². The molecule has 23 heavy (non-hydrogen) atoms. The second-order valence-corrected chi connectivity index (χ2v) is 5.22. The molecule has 0 aliphatic rings. The van der Waals surface area contributed by atoms with Crippen LogP contribution in [0.2, 0.25) is 0 Å². The summed E-state index contributed by atoms with van der Waals surface area (Å²) >= 11 is 0. The SMILES string of the molecule is Cc1cc(OCc2ccccc2)c2nc(C)c(OC(=O)O)n2c1. The first-order valence-electron chi connectivity index (χ1n) is 7.11. The lowest BCUT2D eigenvalue weighted by Gasteiger charge is -2.09. The van der Waals surface area contributed by atoms with Crippen LogP contribution in [0, 0.1) is 13.8 Å². The maximum atomic E-state index is 10.8. The van der Waals surface area contributed by atoms with E-state index in [9.17, 15) is 4.79 Å². The second-order valence-electron chi connectivity index (χ2n) is 5.22. The number of ether oxygens (including phenoxy) is 2. The van der Waals surface area contributed by atoms with Crippen molar-refractivity contribution in [2.45, 2.75) is 20.5 Å². The zero-order chi connectivity index (χ0) is 16.4. The fourth-order valence-corrected chi connectivity index (χ4v) is 2.38. The van der Waals surface area contributed by atoms with Crippen molar-refractivity contribution in [2.75, 3.05) is 0 Å². The van der Waals surface area contributed by atoms with Gasteiger partial charge in [-0.2, -0.15) is 0 Å². The number of imidazole rings is 1. The summed E-state index contributed by atoms with van der Waals surface area (Å²) in [5, 5.41) is 8.87. The Balaban J connectivity index is 1.98. The molecule has 0 saturated heterocycles. The van der Waals surface area contributed by atoms with E-state index < -0.39 is 6.16 Å². The maximum Gasteiger partial charge on any atom is 0.512 e. The normalized spacial score (nSPS) is 10.7. The summed E-state index contributed by atoms with van der Waals surface area (Å²) < 4.78 is 12.3. The summed E-state index contributed by atoms with van der Waals surface area (Å²) in [6, 6.07) is 11.7. The van der Waals surface area contributed by atoms with Gasteiger partial charge in [0.1, 0.15) is 12.3 Å². The highest BCUT2D eigenvalue weighted by atomic mass is 16.7. The van der Waals surface area contributed by atoms with Crippen LogP contribution in [0.1, 0.15) is 16.8 Å². The van der Waals surface area contributed by atoms with Crippen LogP contribution in [0.5, 0.6) is 11.6 Å². The molecule has 0 fully saturated rings. The topological polar surface area (TPSA) is 73.1 Å². The van der Waals surface area contributed by atoms with Gasteiger partial charge in [0.25, 0.3) is 0 Å². The average molecular weight is 312 g/mol. The number of fused-ring (bicyclic) bond motifs is 1. The van der Waals surface area contributed by atoms with E-state index in [2.05, 4.69) is 4.98 Å². The predicted octanol–water partition coefficient (Wildman–Crippen LogP) is 3.59. The Kier molecular flexibility index (Phi) is 3.89. The zero-order valence-corrected chi connectivity index (χ0v) is 12.8. The molecule has 0 radical (unpaired) electrons. The minimum absolute atomic E-state index is 0.181. The van der Waals surface area contributed by atoms with Gasteiger partial charge in [0, 0.05) is 6.20 Å². The smallest absolute Gasteiger partial charge is 0.485 e. The van der Waals surface area contributed by atoms with Crippen LogP contribution in [0.25, 0.3) is 5.65 Å². The minimum atomic E-state index is -1.37. The van der Waals surface area contributed by atoms with Gasteiger partial charge in [-0.3, -0.25) is 4.40 Å². The minimum Gasteiger partial charge on any atom is -0.485 e. The molecular formula is C17H16N2O4. The van der Waals surface area contributed by atoms with Gasteiger partial charge in [0.15, 0.2) is 11.4 Å². The van der Waals surface area contributed by atoms with Crippen LogP contribution in [0.4, 0.5) is 4.79 Å². The Labute approximate surface area is 132 Å². The first-order valence-corrected chi connectivity index (χ1v) is 7.11. The number of aromatic nitrogens is 2. The summed E-state index contributed by atoms with van der Waals surface area (Å²) in [6.45, 7) is 4.00. The van der Waals surface area contributed by atoms with Crippen LogP contribution in [-0.4, -0.2) is 20.6 Å². The predicted molar refractivity (Wildman–Crippen MR) is 84.1 cm³/mol. The van der Waals surface area contributed by atoms with Crippen molar-refractivity contribution < 1.29 is 19.4 Å². The average Bonchev–Trinajstić information content (AvgIpc) is 2.82. The Morgan fingerprint density at radius 1 is 1.26 bits per heavy atom. The van der Waals surface area contributed by atoms with Crippen LogP contribution in [-0.2, 0) is 6.61 Å². The van der Waals surface area contributed by atoms with Crippen molar-refractivity contribution in [3.63, 3.8) is 0 Å². The van der Waals surface area contributed by atoms with E-state index in [0.29, 0.717) is 23.7 Å². The molecule has 0 unspecified atom stereocenters. The number of hydrogen-bond donors (Lipinski definition) is 1. The molecular weight excluding hydrogens is 296 g/mol. The van der Waals surface area contributed by atoms with Crippen molar-refractivity contribution in [3.05, 3.63) is 59.4 Å². The van der Waals surface area contributed by atoms with Gasteiger partial charge in [-0.1, -0.05) is 30.3 Å². The largest absolute Gasteiger partial charge is 0.512 e. The fourth-order valence-electron chi connectivity index (χ4n) is 2.38. The standard InChI is InChI=1S/C17H16N2O4/c1-11-8-14(22-10-13-6-4-3-5-7-13)15-18-12(2)16(19(15)9-11)23-17(20)21/h3-9H,10H2,1-2H3,(H,20,21). The van der Waals surface area contributed by atoms with Crippen molar-refractivity contribution in [2.24, 2.45) is 0 Å². The molecule has 0 bridgehead atoms. The van der Waals surface area contributed by atoms with Crippen LogP contribution < -0.4 is 9.47 Å².